The predicted octanol–water partition coefficient (Wildman–Crippen LogP) is 3.03. The molecule has 1 amide bonds. The smallest absolute Gasteiger partial charge is 0.272 e. The molecule has 2 rings (SSSR count). The van der Waals surface area contributed by atoms with Crippen molar-refractivity contribution in [3.63, 3.8) is 0 Å². The normalized spacial score (nSPS) is 16.8. The summed E-state index contributed by atoms with van der Waals surface area (Å²) >= 11 is 0. The summed E-state index contributed by atoms with van der Waals surface area (Å²) in [6, 6.07) is 5.41. The molecule has 1 saturated heterocycles. The van der Waals surface area contributed by atoms with Crippen molar-refractivity contribution in [2.45, 2.75) is 52.6 Å². The van der Waals surface area contributed by atoms with Crippen LogP contribution in [0, 0.1) is 23.0 Å². The van der Waals surface area contributed by atoms with Crippen LogP contribution in [0.25, 0.3) is 0 Å². The Balaban J connectivity index is 1.90. The third kappa shape index (κ3) is 5.03. The first-order valence-corrected chi connectivity index (χ1v) is 8.44. The first-order chi connectivity index (χ1) is 11.2. The Hall–Kier alpha value is -1.95. The van der Waals surface area contributed by atoms with Crippen LogP contribution >= 0.6 is 0 Å². The van der Waals surface area contributed by atoms with Crippen LogP contribution in [0.5, 0.6) is 0 Å². The number of aryl methyl sites for hydroxylation is 1. The minimum atomic E-state index is -0.331. The van der Waals surface area contributed by atoms with E-state index < -0.39 is 0 Å². The zero-order valence-electron chi connectivity index (χ0n) is 15.0. The number of nitro benzene ring substituents is 1. The maximum atomic E-state index is 12.2. The number of hydrogen-bond acceptors (Lipinski definition) is 4. The highest BCUT2D eigenvalue weighted by molar-refractivity contribution is 5.79. The van der Waals surface area contributed by atoms with Gasteiger partial charge in [-0.1, -0.05) is 12.1 Å². The standard InChI is InChI=1S/C18H27N3O3/c1-13-5-6-14(11-16(13)21(23)24)12-20-9-7-15(8-10-20)17(22)19-18(2,3)4/h5-6,11,15H,7-10,12H2,1-4H3,(H,19,22). The third-order valence-electron chi connectivity index (χ3n) is 4.33. The van der Waals surface area contributed by atoms with Gasteiger partial charge in [-0.05, 0) is 59.2 Å². The van der Waals surface area contributed by atoms with E-state index in [1.165, 1.54) is 0 Å². The predicted molar refractivity (Wildman–Crippen MR) is 93.7 cm³/mol. The van der Waals surface area contributed by atoms with Crippen molar-refractivity contribution in [1.29, 1.82) is 0 Å². The fourth-order valence-electron chi connectivity index (χ4n) is 3.03. The van der Waals surface area contributed by atoms with Gasteiger partial charge in [0.05, 0.1) is 4.92 Å². The molecule has 1 aliphatic rings. The summed E-state index contributed by atoms with van der Waals surface area (Å²) in [7, 11) is 0. The first-order valence-electron chi connectivity index (χ1n) is 8.44. The number of benzene rings is 1. The Labute approximate surface area is 143 Å². The number of carbonyl (C=O) groups excluding carboxylic acids is 1. The van der Waals surface area contributed by atoms with Gasteiger partial charge in [0.2, 0.25) is 5.91 Å². The van der Waals surface area contributed by atoms with Gasteiger partial charge in [-0.3, -0.25) is 19.8 Å². The molecule has 0 spiro atoms. The minimum Gasteiger partial charge on any atom is -0.351 e. The quantitative estimate of drug-likeness (QED) is 0.679. The van der Waals surface area contributed by atoms with E-state index >= 15 is 0 Å². The van der Waals surface area contributed by atoms with Crippen molar-refractivity contribution in [1.82, 2.24) is 10.2 Å². The molecule has 6 heteroatoms. The van der Waals surface area contributed by atoms with Crippen LogP contribution in [0.3, 0.4) is 0 Å². The van der Waals surface area contributed by atoms with E-state index in [1.807, 2.05) is 26.8 Å². The topological polar surface area (TPSA) is 75.5 Å². The molecule has 24 heavy (non-hydrogen) atoms. The molecule has 1 aromatic rings. The maximum absolute atomic E-state index is 12.2. The minimum absolute atomic E-state index is 0.0628. The van der Waals surface area contributed by atoms with E-state index in [2.05, 4.69) is 10.2 Å². The second-order valence-electron chi connectivity index (χ2n) is 7.67. The average Bonchev–Trinajstić information content (AvgIpc) is 2.48. The van der Waals surface area contributed by atoms with Gasteiger partial charge in [0, 0.05) is 29.6 Å². The fraction of sp³-hybridized carbons (Fsp3) is 0.611. The van der Waals surface area contributed by atoms with Gasteiger partial charge in [0.1, 0.15) is 0 Å². The average molecular weight is 333 g/mol. The zero-order valence-corrected chi connectivity index (χ0v) is 15.0. The van der Waals surface area contributed by atoms with Gasteiger partial charge in [-0.2, -0.15) is 0 Å². The number of hydrogen-bond donors (Lipinski definition) is 1. The lowest BCUT2D eigenvalue weighted by Gasteiger charge is -2.33. The number of likely N-dealkylation sites (tertiary alicyclic amines) is 1. The number of nitrogens with zero attached hydrogens (tertiary/aromatic N) is 2. The van der Waals surface area contributed by atoms with Crippen LogP contribution in [0.4, 0.5) is 5.69 Å². The molecule has 1 N–H and O–H groups in total. The van der Waals surface area contributed by atoms with Gasteiger partial charge in [-0.15, -0.1) is 0 Å². The Morgan fingerprint density at radius 3 is 2.50 bits per heavy atom. The van der Waals surface area contributed by atoms with E-state index in [1.54, 1.807) is 19.1 Å². The van der Waals surface area contributed by atoms with Crippen molar-refractivity contribution in [2.24, 2.45) is 5.92 Å². The SMILES string of the molecule is Cc1ccc(CN2CCC(C(=O)NC(C)(C)C)CC2)cc1[N+](=O)[O-]. The Morgan fingerprint density at radius 2 is 1.96 bits per heavy atom. The molecule has 1 aromatic carbocycles. The first kappa shape index (κ1) is 18.4. The molecule has 1 fully saturated rings. The van der Waals surface area contributed by atoms with Crippen LogP contribution in [-0.2, 0) is 11.3 Å². The molecule has 0 saturated carbocycles. The molecule has 1 heterocycles. The summed E-state index contributed by atoms with van der Waals surface area (Å²) in [5.74, 6) is 0.195. The van der Waals surface area contributed by atoms with E-state index in [0.717, 1.165) is 31.5 Å². The molecule has 6 nitrogen and oxygen atoms in total. The fourth-order valence-corrected chi connectivity index (χ4v) is 3.03. The highest BCUT2D eigenvalue weighted by Crippen LogP contribution is 2.23. The van der Waals surface area contributed by atoms with E-state index in [-0.39, 0.29) is 28.0 Å². The number of piperidine rings is 1. The van der Waals surface area contributed by atoms with Gasteiger partial charge in [-0.25, -0.2) is 0 Å². The van der Waals surface area contributed by atoms with Crippen molar-refractivity contribution in [2.75, 3.05) is 13.1 Å². The Bertz CT molecular complexity index is 614. The number of carbonyl (C=O) groups is 1. The monoisotopic (exact) mass is 333 g/mol. The van der Waals surface area contributed by atoms with Crippen LogP contribution in [0.1, 0.15) is 44.7 Å². The second-order valence-corrected chi connectivity index (χ2v) is 7.67. The molecule has 0 atom stereocenters. The molecular weight excluding hydrogens is 306 g/mol. The van der Waals surface area contributed by atoms with Gasteiger partial charge in [0.15, 0.2) is 0 Å². The Kier molecular flexibility index (Phi) is 5.59. The lowest BCUT2D eigenvalue weighted by Crippen LogP contribution is -2.46. The number of nitro groups is 1. The van der Waals surface area contributed by atoms with Gasteiger partial charge in [0.25, 0.3) is 5.69 Å². The Morgan fingerprint density at radius 1 is 1.33 bits per heavy atom. The van der Waals surface area contributed by atoms with E-state index in [9.17, 15) is 14.9 Å². The molecule has 0 aliphatic carbocycles. The van der Waals surface area contributed by atoms with Gasteiger partial charge < -0.3 is 5.32 Å². The summed E-state index contributed by atoms with van der Waals surface area (Å²) in [6.07, 6.45) is 1.66. The molecule has 1 aliphatic heterocycles. The largest absolute Gasteiger partial charge is 0.351 e. The van der Waals surface area contributed by atoms with Crippen LogP contribution in [-0.4, -0.2) is 34.4 Å². The molecule has 0 bridgehead atoms. The van der Waals surface area contributed by atoms with E-state index in [4.69, 9.17) is 0 Å². The maximum Gasteiger partial charge on any atom is 0.272 e. The van der Waals surface area contributed by atoms with Crippen LogP contribution in [0.15, 0.2) is 18.2 Å². The summed E-state index contributed by atoms with van der Waals surface area (Å²) in [5, 5.41) is 14.1. The van der Waals surface area contributed by atoms with Gasteiger partial charge >= 0.3 is 0 Å². The molecule has 0 radical (unpaired) electrons. The summed E-state index contributed by atoms with van der Waals surface area (Å²) in [4.78, 5) is 25.2. The van der Waals surface area contributed by atoms with Crippen molar-refractivity contribution in [3.05, 3.63) is 39.4 Å². The summed E-state index contributed by atoms with van der Waals surface area (Å²) < 4.78 is 0. The molecule has 0 aromatic heterocycles. The van der Waals surface area contributed by atoms with E-state index in [0.29, 0.717) is 12.1 Å². The van der Waals surface area contributed by atoms with Crippen LogP contribution < -0.4 is 5.32 Å². The van der Waals surface area contributed by atoms with Crippen molar-refractivity contribution in [3.8, 4) is 0 Å². The molecule has 132 valence electrons. The molecular formula is C18H27N3O3. The number of rotatable bonds is 4. The van der Waals surface area contributed by atoms with Crippen LogP contribution in [0.2, 0.25) is 0 Å². The lowest BCUT2D eigenvalue weighted by atomic mass is 9.94. The highest BCUT2D eigenvalue weighted by atomic mass is 16.6. The van der Waals surface area contributed by atoms with Crippen molar-refractivity contribution >= 4 is 11.6 Å². The molecule has 0 unspecified atom stereocenters. The zero-order chi connectivity index (χ0) is 17.9. The summed E-state index contributed by atoms with van der Waals surface area (Å²) in [5.41, 5.74) is 1.60. The second kappa shape index (κ2) is 7.30. The third-order valence-corrected chi connectivity index (χ3v) is 4.33. The lowest BCUT2D eigenvalue weighted by molar-refractivity contribution is -0.385. The van der Waals surface area contributed by atoms with Crippen molar-refractivity contribution < 1.29 is 9.72 Å². The number of nitrogens with one attached hydrogen (secondary N) is 1. The highest BCUT2D eigenvalue weighted by Gasteiger charge is 2.27. The number of amides is 1. The summed E-state index contributed by atoms with van der Waals surface area (Å²) in [6.45, 7) is 10.1.